The van der Waals surface area contributed by atoms with Crippen molar-refractivity contribution in [1.82, 2.24) is 14.0 Å². The summed E-state index contributed by atoms with van der Waals surface area (Å²) in [6, 6.07) is 7.17. The van der Waals surface area contributed by atoms with E-state index in [0.717, 1.165) is 30.0 Å². The number of halogens is 2. The van der Waals surface area contributed by atoms with Gasteiger partial charge in [0, 0.05) is 30.5 Å². The number of nitrogens with zero attached hydrogens (tertiary/aromatic N) is 4. The molecule has 3 aromatic rings. The number of hydrogen-bond acceptors (Lipinski definition) is 4. The molecule has 1 aliphatic rings. The first-order valence-electron chi connectivity index (χ1n) is 8.82. The predicted molar refractivity (Wildman–Crippen MR) is 108 cm³/mol. The normalized spacial score (nSPS) is 14.9. The number of morpholine rings is 1. The molecule has 0 radical (unpaired) electrons. The van der Waals surface area contributed by atoms with E-state index in [2.05, 4.69) is 4.90 Å². The quantitative estimate of drug-likeness (QED) is 0.669. The highest BCUT2D eigenvalue weighted by Gasteiger charge is 2.19. The van der Waals surface area contributed by atoms with Crippen LogP contribution in [0.25, 0.3) is 5.78 Å². The molecule has 27 heavy (non-hydrogen) atoms. The number of imidazole rings is 1. The third-order valence-electron chi connectivity index (χ3n) is 5.09. The maximum atomic E-state index is 12.8. The molecule has 0 atom stereocenters. The van der Waals surface area contributed by atoms with Crippen molar-refractivity contribution < 1.29 is 4.74 Å². The molecule has 2 aromatic heterocycles. The molecule has 4 rings (SSSR count). The summed E-state index contributed by atoms with van der Waals surface area (Å²) < 4.78 is 9.07. The van der Waals surface area contributed by atoms with Crippen LogP contribution in [0.15, 0.2) is 29.1 Å². The number of aromatic nitrogens is 3. The van der Waals surface area contributed by atoms with E-state index >= 15 is 0 Å². The number of aryl methyl sites for hydroxylation is 1. The van der Waals surface area contributed by atoms with Crippen LogP contribution in [0.1, 0.15) is 17.0 Å². The molecule has 142 valence electrons. The lowest BCUT2D eigenvalue weighted by Gasteiger charge is -2.27. The van der Waals surface area contributed by atoms with Crippen molar-refractivity contribution in [3.05, 3.63) is 61.6 Å². The molecular weight excluding hydrogens is 387 g/mol. The monoisotopic (exact) mass is 406 g/mol. The van der Waals surface area contributed by atoms with Crippen molar-refractivity contribution in [1.29, 1.82) is 0 Å². The van der Waals surface area contributed by atoms with Crippen molar-refractivity contribution in [3.63, 3.8) is 0 Å². The van der Waals surface area contributed by atoms with Gasteiger partial charge in [-0.1, -0.05) is 35.3 Å². The maximum Gasteiger partial charge on any atom is 0.261 e. The fraction of sp³-hybridized carbons (Fsp3) is 0.368. The van der Waals surface area contributed by atoms with E-state index in [4.69, 9.17) is 32.9 Å². The van der Waals surface area contributed by atoms with E-state index < -0.39 is 0 Å². The molecule has 0 N–H and O–H groups in total. The summed E-state index contributed by atoms with van der Waals surface area (Å²) in [6.07, 6.45) is 0. The second-order valence-corrected chi connectivity index (χ2v) is 7.44. The SMILES string of the molecule is Cc1c(C)n2c(=O)cc(N3CCOCC3)nc2n1Cc1cccc(Cl)c1Cl. The molecule has 1 aliphatic heterocycles. The molecule has 1 aromatic carbocycles. The van der Waals surface area contributed by atoms with Gasteiger partial charge >= 0.3 is 0 Å². The molecule has 6 nitrogen and oxygen atoms in total. The second kappa shape index (κ2) is 7.19. The lowest BCUT2D eigenvalue weighted by Crippen LogP contribution is -2.37. The molecule has 0 bridgehead atoms. The minimum Gasteiger partial charge on any atom is -0.378 e. The first-order chi connectivity index (χ1) is 13.0. The van der Waals surface area contributed by atoms with Gasteiger partial charge in [0.05, 0.1) is 29.8 Å². The van der Waals surface area contributed by atoms with Crippen molar-refractivity contribution in [2.75, 3.05) is 31.2 Å². The molecule has 0 unspecified atom stereocenters. The fourth-order valence-electron chi connectivity index (χ4n) is 3.45. The smallest absolute Gasteiger partial charge is 0.261 e. The Kier molecular flexibility index (Phi) is 4.88. The van der Waals surface area contributed by atoms with Crippen LogP contribution in [0.2, 0.25) is 10.0 Å². The van der Waals surface area contributed by atoms with Gasteiger partial charge < -0.3 is 14.2 Å². The summed E-state index contributed by atoms with van der Waals surface area (Å²) in [5.74, 6) is 1.29. The van der Waals surface area contributed by atoms with Crippen LogP contribution < -0.4 is 10.5 Å². The van der Waals surface area contributed by atoms with Gasteiger partial charge in [-0.3, -0.25) is 4.79 Å². The first kappa shape index (κ1) is 18.3. The molecule has 3 heterocycles. The predicted octanol–water partition coefficient (Wildman–Crippen LogP) is 3.30. The number of fused-ring (bicyclic) bond motifs is 1. The topological polar surface area (TPSA) is 51.8 Å². The summed E-state index contributed by atoms with van der Waals surface area (Å²) in [4.78, 5) is 19.7. The molecule has 8 heteroatoms. The highest BCUT2D eigenvalue weighted by Crippen LogP contribution is 2.27. The summed E-state index contributed by atoms with van der Waals surface area (Å²) >= 11 is 12.5. The Balaban J connectivity index is 1.86. The van der Waals surface area contributed by atoms with E-state index in [1.807, 2.05) is 30.5 Å². The average molecular weight is 407 g/mol. The van der Waals surface area contributed by atoms with E-state index in [-0.39, 0.29) is 5.56 Å². The van der Waals surface area contributed by atoms with Crippen LogP contribution in [-0.2, 0) is 11.3 Å². The minimum atomic E-state index is -0.0852. The van der Waals surface area contributed by atoms with Gasteiger partial charge in [0.25, 0.3) is 5.56 Å². The molecule has 0 spiro atoms. The Morgan fingerprint density at radius 2 is 1.89 bits per heavy atom. The maximum absolute atomic E-state index is 12.8. The lowest BCUT2D eigenvalue weighted by molar-refractivity contribution is 0.122. The van der Waals surface area contributed by atoms with E-state index in [9.17, 15) is 4.79 Å². The summed E-state index contributed by atoms with van der Waals surface area (Å²) in [5, 5.41) is 1.04. The largest absolute Gasteiger partial charge is 0.378 e. The zero-order valence-corrected chi connectivity index (χ0v) is 16.7. The van der Waals surface area contributed by atoms with Gasteiger partial charge in [0.2, 0.25) is 5.78 Å². The van der Waals surface area contributed by atoms with Crippen molar-refractivity contribution >= 4 is 34.8 Å². The number of ether oxygens (including phenoxy) is 1. The van der Waals surface area contributed by atoms with Crippen LogP contribution in [0, 0.1) is 13.8 Å². The summed E-state index contributed by atoms with van der Waals surface area (Å²) in [5.41, 5.74) is 2.64. The molecule has 0 amide bonds. The summed E-state index contributed by atoms with van der Waals surface area (Å²) in [7, 11) is 0. The van der Waals surface area contributed by atoms with Crippen molar-refractivity contribution in [2.45, 2.75) is 20.4 Å². The van der Waals surface area contributed by atoms with Gasteiger partial charge in [-0.15, -0.1) is 0 Å². The highest BCUT2D eigenvalue weighted by atomic mass is 35.5. The zero-order valence-electron chi connectivity index (χ0n) is 15.2. The molecule has 1 fully saturated rings. The van der Waals surface area contributed by atoms with Crippen molar-refractivity contribution in [2.24, 2.45) is 0 Å². The lowest BCUT2D eigenvalue weighted by atomic mass is 10.2. The fourth-order valence-corrected chi connectivity index (χ4v) is 3.83. The summed E-state index contributed by atoms with van der Waals surface area (Å²) in [6.45, 7) is 7.12. The van der Waals surface area contributed by atoms with Crippen LogP contribution in [-0.4, -0.2) is 40.3 Å². The Hall–Kier alpha value is -2.02. The highest BCUT2D eigenvalue weighted by molar-refractivity contribution is 6.42. The number of anilines is 1. The van der Waals surface area contributed by atoms with E-state index in [0.29, 0.717) is 41.4 Å². The van der Waals surface area contributed by atoms with Gasteiger partial charge in [-0.25, -0.2) is 4.40 Å². The first-order valence-corrected chi connectivity index (χ1v) is 9.58. The van der Waals surface area contributed by atoms with E-state index in [1.54, 1.807) is 16.5 Å². The zero-order chi connectivity index (χ0) is 19.1. The molecular formula is C19H20Cl2N4O2. The Bertz CT molecular complexity index is 1070. The Morgan fingerprint density at radius 1 is 1.15 bits per heavy atom. The number of hydrogen-bond donors (Lipinski definition) is 0. The van der Waals surface area contributed by atoms with Crippen LogP contribution in [0.4, 0.5) is 5.82 Å². The number of rotatable bonds is 3. The average Bonchev–Trinajstić information content (AvgIpc) is 2.91. The number of benzene rings is 1. The van der Waals surface area contributed by atoms with Crippen LogP contribution >= 0.6 is 23.2 Å². The van der Waals surface area contributed by atoms with Crippen molar-refractivity contribution in [3.8, 4) is 0 Å². The molecule has 1 saturated heterocycles. The minimum absolute atomic E-state index is 0.0852. The second-order valence-electron chi connectivity index (χ2n) is 6.66. The van der Waals surface area contributed by atoms with Gasteiger partial charge in [0.15, 0.2) is 0 Å². The Morgan fingerprint density at radius 3 is 2.63 bits per heavy atom. The third kappa shape index (κ3) is 3.22. The van der Waals surface area contributed by atoms with Crippen LogP contribution in [0.5, 0.6) is 0 Å². The van der Waals surface area contributed by atoms with Gasteiger partial charge in [-0.05, 0) is 25.5 Å². The standard InChI is InChI=1S/C19H20Cl2N4O2/c1-12-13(2)25-17(26)10-16(23-6-8-27-9-7-23)22-19(25)24(12)11-14-4-3-5-15(20)18(14)21/h3-5,10H,6-9,11H2,1-2H3. The van der Waals surface area contributed by atoms with Gasteiger partial charge in [0.1, 0.15) is 5.82 Å². The third-order valence-corrected chi connectivity index (χ3v) is 5.95. The van der Waals surface area contributed by atoms with Crippen LogP contribution in [0.3, 0.4) is 0 Å². The molecule has 0 saturated carbocycles. The molecule has 0 aliphatic carbocycles. The van der Waals surface area contributed by atoms with E-state index in [1.165, 1.54) is 0 Å². The Labute approximate surface area is 166 Å². The van der Waals surface area contributed by atoms with Gasteiger partial charge in [-0.2, -0.15) is 4.98 Å².